The number of aryl methyl sites for hydroxylation is 2. The summed E-state index contributed by atoms with van der Waals surface area (Å²) in [6, 6.07) is 12.4. The third-order valence-electron chi connectivity index (χ3n) is 4.22. The Bertz CT molecular complexity index is 725. The summed E-state index contributed by atoms with van der Waals surface area (Å²) in [6.45, 7) is 7.26. The summed E-state index contributed by atoms with van der Waals surface area (Å²) in [7, 11) is 5.79. The number of nitrogens with zero attached hydrogens (tertiary/aromatic N) is 3. The fraction of sp³-hybridized carbons (Fsp3) is 0.350. The molecule has 0 spiro atoms. The van der Waals surface area contributed by atoms with E-state index >= 15 is 0 Å². The highest BCUT2D eigenvalue weighted by Crippen LogP contribution is 2.36. The average Bonchev–Trinajstić information content (AvgIpc) is 2.61. The van der Waals surface area contributed by atoms with Gasteiger partial charge >= 0.3 is 0 Å². The van der Waals surface area contributed by atoms with Gasteiger partial charge in [-0.2, -0.15) is 0 Å². The molecule has 24 heavy (non-hydrogen) atoms. The molecule has 0 N–H and O–H groups in total. The van der Waals surface area contributed by atoms with E-state index in [0.29, 0.717) is 0 Å². The minimum absolute atomic E-state index is 0.865. The SMILES string of the molecule is CCN(C)C=Nc1cc(C)c(N(C)c2ccccc2OC)cc1C. The molecule has 2 aromatic carbocycles. The van der Waals surface area contributed by atoms with Gasteiger partial charge in [0.1, 0.15) is 5.75 Å². The molecule has 0 aliphatic carbocycles. The standard InChI is InChI=1S/C20H27N3O/c1-7-22(4)14-21-17-12-16(3)19(13-15(17)2)23(5)18-10-8-9-11-20(18)24-6/h8-14H,7H2,1-6H3. The van der Waals surface area contributed by atoms with Crippen molar-refractivity contribution in [2.45, 2.75) is 20.8 Å². The van der Waals surface area contributed by atoms with Gasteiger partial charge < -0.3 is 14.5 Å². The first-order valence-corrected chi connectivity index (χ1v) is 8.20. The van der Waals surface area contributed by atoms with Crippen LogP contribution in [0, 0.1) is 13.8 Å². The van der Waals surface area contributed by atoms with E-state index in [2.05, 4.69) is 60.8 Å². The topological polar surface area (TPSA) is 28.1 Å². The van der Waals surface area contributed by atoms with Gasteiger partial charge in [0.2, 0.25) is 0 Å². The van der Waals surface area contributed by atoms with E-state index in [0.717, 1.165) is 34.9 Å². The number of hydrogen-bond donors (Lipinski definition) is 0. The first-order valence-electron chi connectivity index (χ1n) is 8.20. The second kappa shape index (κ2) is 7.86. The van der Waals surface area contributed by atoms with E-state index in [9.17, 15) is 0 Å². The van der Waals surface area contributed by atoms with Crippen LogP contribution in [0.5, 0.6) is 5.75 Å². The van der Waals surface area contributed by atoms with Crippen molar-refractivity contribution >= 4 is 23.4 Å². The molecule has 0 aliphatic heterocycles. The summed E-state index contributed by atoms with van der Waals surface area (Å²) in [5.74, 6) is 0.865. The molecule has 128 valence electrons. The third kappa shape index (κ3) is 3.88. The molecule has 0 aromatic heterocycles. The maximum Gasteiger partial charge on any atom is 0.142 e. The van der Waals surface area contributed by atoms with Crippen LogP contribution in [0.4, 0.5) is 17.1 Å². The van der Waals surface area contributed by atoms with E-state index in [4.69, 9.17) is 4.74 Å². The molecule has 0 amide bonds. The zero-order valence-corrected chi connectivity index (χ0v) is 15.5. The van der Waals surface area contributed by atoms with Crippen molar-refractivity contribution in [3.8, 4) is 5.75 Å². The van der Waals surface area contributed by atoms with Crippen LogP contribution in [0.1, 0.15) is 18.1 Å². The van der Waals surface area contributed by atoms with Crippen molar-refractivity contribution < 1.29 is 4.74 Å². The minimum atomic E-state index is 0.865. The Morgan fingerprint density at radius 3 is 2.42 bits per heavy atom. The van der Waals surface area contributed by atoms with Crippen LogP contribution in [-0.4, -0.2) is 39.0 Å². The number of anilines is 2. The molecule has 0 atom stereocenters. The number of hydrogen-bond acceptors (Lipinski definition) is 3. The van der Waals surface area contributed by atoms with Gasteiger partial charge in [0.15, 0.2) is 0 Å². The van der Waals surface area contributed by atoms with Gasteiger partial charge in [-0.1, -0.05) is 12.1 Å². The summed E-state index contributed by atoms with van der Waals surface area (Å²) in [4.78, 5) is 8.82. The van der Waals surface area contributed by atoms with Crippen LogP contribution in [-0.2, 0) is 0 Å². The Morgan fingerprint density at radius 1 is 1.04 bits per heavy atom. The fourth-order valence-corrected chi connectivity index (χ4v) is 2.57. The zero-order valence-electron chi connectivity index (χ0n) is 15.5. The number of benzene rings is 2. The lowest BCUT2D eigenvalue weighted by Gasteiger charge is -2.24. The van der Waals surface area contributed by atoms with Crippen LogP contribution in [0.2, 0.25) is 0 Å². The summed E-state index contributed by atoms with van der Waals surface area (Å²) in [5.41, 5.74) is 5.53. The molecule has 2 rings (SSSR count). The average molecular weight is 325 g/mol. The number of ether oxygens (including phenoxy) is 1. The molecule has 0 saturated carbocycles. The van der Waals surface area contributed by atoms with Crippen molar-refractivity contribution in [1.82, 2.24) is 4.90 Å². The normalized spacial score (nSPS) is 10.9. The van der Waals surface area contributed by atoms with Gasteiger partial charge in [-0.15, -0.1) is 0 Å². The molecule has 4 nitrogen and oxygen atoms in total. The molecule has 0 aliphatic rings. The lowest BCUT2D eigenvalue weighted by molar-refractivity contribution is 0.415. The second-order valence-corrected chi connectivity index (χ2v) is 5.97. The molecule has 0 radical (unpaired) electrons. The Labute approximate surface area is 145 Å². The van der Waals surface area contributed by atoms with Gasteiger partial charge in [0, 0.05) is 26.3 Å². The number of aliphatic imine (C=N–C) groups is 1. The van der Waals surface area contributed by atoms with E-state index in [1.807, 2.05) is 31.6 Å². The van der Waals surface area contributed by atoms with E-state index in [-0.39, 0.29) is 0 Å². The molecule has 0 bridgehead atoms. The van der Waals surface area contributed by atoms with Gasteiger partial charge in [0.05, 0.1) is 24.8 Å². The lowest BCUT2D eigenvalue weighted by Crippen LogP contribution is -2.14. The molecule has 2 aromatic rings. The third-order valence-corrected chi connectivity index (χ3v) is 4.22. The van der Waals surface area contributed by atoms with Crippen LogP contribution >= 0.6 is 0 Å². The first kappa shape index (κ1) is 17.9. The monoisotopic (exact) mass is 325 g/mol. The van der Waals surface area contributed by atoms with Crippen molar-refractivity contribution in [2.75, 3.05) is 32.6 Å². The highest BCUT2D eigenvalue weighted by Gasteiger charge is 2.13. The molecular formula is C20H27N3O. The Balaban J connectivity index is 2.38. The zero-order chi connectivity index (χ0) is 17.7. The van der Waals surface area contributed by atoms with E-state index < -0.39 is 0 Å². The fourth-order valence-electron chi connectivity index (χ4n) is 2.57. The van der Waals surface area contributed by atoms with Crippen LogP contribution in [0.25, 0.3) is 0 Å². The minimum Gasteiger partial charge on any atom is -0.495 e. The second-order valence-electron chi connectivity index (χ2n) is 5.97. The number of rotatable bonds is 6. The smallest absolute Gasteiger partial charge is 0.142 e. The molecule has 4 heteroatoms. The highest BCUT2D eigenvalue weighted by atomic mass is 16.5. The van der Waals surface area contributed by atoms with E-state index in [1.54, 1.807) is 7.11 Å². The lowest BCUT2D eigenvalue weighted by atomic mass is 10.1. The maximum atomic E-state index is 5.49. The molecular weight excluding hydrogens is 298 g/mol. The predicted molar refractivity (Wildman–Crippen MR) is 103 cm³/mol. The number of methoxy groups -OCH3 is 1. The highest BCUT2D eigenvalue weighted by molar-refractivity contribution is 5.74. The first-order chi connectivity index (χ1) is 11.5. The predicted octanol–water partition coefficient (Wildman–Crippen LogP) is 4.69. The molecule has 0 fully saturated rings. The van der Waals surface area contributed by atoms with Gasteiger partial charge in [0.25, 0.3) is 0 Å². The quantitative estimate of drug-likeness (QED) is 0.569. The van der Waals surface area contributed by atoms with Crippen LogP contribution in [0.3, 0.4) is 0 Å². The van der Waals surface area contributed by atoms with Gasteiger partial charge in [-0.05, 0) is 56.2 Å². The summed E-state index contributed by atoms with van der Waals surface area (Å²) in [6.07, 6.45) is 1.88. The van der Waals surface area contributed by atoms with Crippen molar-refractivity contribution in [3.05, 3.63) is 47.5 Å². The van der Waals surface area contributed by atoms with Crippen molar-refractivity contribution in [2.24, 2.45) is 4.99 Å². The molecule has 0 saturated heterocycles. The van der Waals surface area contributed by atoms with Crippen LogP contribution in [0.15, 0.2) is 41.4 Å². The maximum absolute atomic E-state index is 5.49. The molecule has 0 heterocycles. The summed E-state index contributed by atoms with van der Waals surface area (Å²) < 4.78 is 5.49. The molecule has 0 unspecified atom stereocenters. The summed E-state index contributed by atoms with van der Waals surface area (Å²) >= 11 is 0. The van der Waals surface area contributed by atoms with Crippen molar-refractivity contribution in [3.63, 3.8) is 0 Å². The number of para-hydroxylation sites is 2. The Morgan fingerprint density at radius 2 is 1.75 bits per heavy atom. The van der Waals surface area contributed by atoms with Gasteiger partial charge in [-0.3, -0.25) is 0 Å². The van der Waals surface area contributed by atoms with Crippen molar-refractivity contribution in [1.29, 1.82) is 0 Å². The van der Waals surface area contributed by atoms with Crippen LogP contribution < -0.4 is 9.64 Å². The largest absolute Gasteiger partial charge is 0.495 e. The summed E-state index contributed by atoms with van der Waals surface area (Å²) in [5, 5.41) is 0. The van der Waals surface area contributed by atoms with E-state index in [1.165, 1.54) is 5.56 Å². The van der Waals surface area contributed by atoms with Gasteiger partial charge in [-0.25, -0.2) is 4.99 Å². The Hall–Kier alpha value is -2.49. The Kier molecular flexibility index (Phi) is 5.85.